The van der Waals surface area contributed by atoms with Crippen LogP contribution in [0.2, 0.25) is 0 Å². The van der Waals surface area contributed by atoms with Crippen molar-refractivity contribution in [3.05, 3.63) is 35.4 Å². The van der Waals surface area contributed by atoms with Gasteiger partial charge in [0.2, 0.25) is 0 Å². The summed E-state index contributed by atoms with van der Waals surface area (Å²) in [6.45, 7) is 3.64. The van der Waals surface area contributed by atoms with Gasteiger partial charge in [0.1, 0.15) is 0 Å². The van der Waals surface area contributed by atoms with E-state index < -0.39 is 12.8 Å². The number of benzene rings is 1. The first-order chi connectivity index (χ1) is 7.91. The van der Waals surface area contributed by atoms with Crippen LogP contribution in [0.4, 0.5) is 0 Å². The summed E-state index contributed by atoms with van der Waals surface area (Å²) >= 11 is 3.35. The molecule has 0 radical (unpaired) electrons. The third-order valence-electron chi connectivity index (χ3n) is 3.37. The molecule has 1 aromatic carbocycles. The zero-order valence-corrected chi connectivity index (χ0v) is 12.5. The predicted molar refractivity (Wildman–Crippen MR) is 73.4 cm³/mol. The van der Waals surface area contributed by atoms with E-state index in [9.17, 15) is 14.4 Å². The standard InChI is InChI=1S/C12H18BrO3P/c1-3-12(4-2,17(14,15)16)11-7-5-10(9-13)6-8-11/h5-8H,3-4,9H2,1-2H3,(H2,14,15,16). The van der Waals surface area contributed by atoms with Crippen molar-refractivity contribution in [3.8, 4) is 0 Å². The van der Waals surface area contributed by atoms with Crippen molar-refractivity contribution in [1.82, 2.24) is 0 Å². The molecule has 0 fully saturated rings. The van der Waals surface area contributed by atoms with Gasteiger partial charge in [0, 0.05) is 5.33 Å². The summed E-state index contributed by atoms with van der Waals surface area (Å²) in [5, 5.41) is -0.299. The molecule has 3 nitrogen and oxygen atoms in total. The van der Waals surface area contributed by atoms with Crippen molar-refractivity contribution in [2.24, 2.45) is 0 Å². The van der Waals surface area contributed by atoms with Crippen molar-refractivity contribution in [1.29, 1.82) is 0 Å². The van der Waals surface area contributed by atoms with Gasteiger partial charge in [-0.15, -0.1) is 0 Å². The highest BCUT2D eigenvalue weighted by molar-refractivity contribution is 9.08. The molecule has 0 saturated carbocycles. The first-order valence-electron chi connectivity index (χ1n) is 5.62. The second kappa shape index (κ2) is 5.66. The number of hydrogen-bond acceptors (Lipinski definition) is 1. The molecule has 1 aromatic rings. The van der Waals surface area contributed by atoms with E-state index in [-0.39, 0.29) is 0 Å². The van der Waals surface area contributed by atoms with E-state index in [0.29, 0.717) is 12.8 Å². The molecule has 0 bridgehead atoms. The Hall–Kier alpha value is -0.150. The molecular formula is C12H18BrO3P. The van der Waals surface area contributed by atoms with Gasteiger partial charge in [-0.3, -0.25) is 4.57 Å². The van der Waals surface area contributed by atoms with Crippen LogP contribution in [-0.2, 0) is 15.1 Å². The summed E-state index contributed by atoms with van der Waals surface area (Å²) in [5.74, 6) is 0. The third kappa shape index (κ3) is 2.82. The minimum atomic E-state index is -4.16. The maximum Gasteiger partial charge on any atom is 0.335 e. The molecule has 0 aliphatic carbocycles. The molecule has 0 heterocycles. The Labute approximate surface area is 111 Å². The van der Waals surface area contributed by atoms with Gasteiger partial charge in [-0.05, 0) is 24.0 Å². The molecule has 0 atom stereocenters. The van der Waals surface area contributed by atoms with E-state index >= 15 is 0 Å². The zero-order chi connectivity index (χ0) is 13.1. The molecule has 0 spiro atoms. The lowest BCUT2D eigenvalue weighted by Crippen LogP contribution is -2.24. The van der Waals surface area contributed by atoms with Crippen LogP contribution in [0, 0.1) is 0 Å². The summed E-state index contributed by atoms with van der Waals surface area (Å²) in [4.78, 5) is 19.2. The average molecular weight is 321 g/mol. The number of hydrogen-bond donors (Lipinski definition) is 2. The number of halogens is 1. The molecule has 5 heteroatoms. The maximum atomic E-state index is 11.8. The van der Waals surface area contributed by atoms with E-state index in [2.05, 4.69) is 15.9 Å². The molecule has 0 aliphatic heterocycles. The molecule has 17 heavy (non-hydrogen) atoms. The Morgan fingerprint density at radius 3 is 1.94 bits per heavy atom. The largest absolute Gasteiger partial charge is 0.335 e. The zero-order valence-electron chi connectivity index (χ0n) is 10.1. The topological polar surface area (TPSA) is 57.5 Å². The Morgan fingerprint density at radius 2 is 1.65 bits per heavy atom. The van der Waals surface area contributed by atoms with E-state index in [0.717, 1.165) is 16.5 Å². The van der Waals surface area contributed by atoms with Crippen LogP contribution in [-0.4, -0.2) is 9.79 Å². The van der Waals surface area contributed by atoms with Crippen molar-refractivity contribution >= 4 is 23.5 Å². The fourth-order valence-electron chi connectivity index (χ4n) is 2.14. The van der Waals surface area contributed by atoms with Gasteiger partial charge < -0.3 is 9.79 Å². The molecule has 0 unspecified atom stereocenters. The molecule has 96 valence electrons. The Bertz CT molecular complexity index is 406. The highest BCUT2D eigenvalue weighted by atomic mass is 79.9. The van der Waals surface area contributed by atoms with Crippen LogP contribution < -0.4 is 0 Å². The minimum Gasteiger partial charge on any atom is -0.324 e. The molecule has 2 N–H and O–H groups in total. The van der Waals surface area contributed by atoms with Crippen molar-refractivity contribution in [2.75, 3.05) is 0 Å². The highest BCUT2D eigenvalue weighted by Crippen LogP contribution is 2.60. The SMILES string of the molecule is CCC(CC)(c1ccc(CBr)cc1)P(=O)(O)O. The van der Waals surface area contributed by atoms with Crippen LogP contribution in [0.1, 0.15) is 37.8 Å². The Kier molecular flexibility index (Phi) is 4.96. The summed E-state index contributed by atoms with van der Waals surface area (Å²) < 4.78 is 11.8. The monoisotopic (exact) mass is 320 g/mol. The molecule has 0 amide bonds. The summed E-state index contributed by atoms with van der Waals surface area (Å²) in [7, 11) is -4.16. The Balaban J connectivity index is 3.27. The smallest absolute Gasteiger partial charge is 0.324 e. The molecular weight excluding hydrogens is 303 g/mol. The molecule has 1 rings (SSSR count). The van der Waals surface area contributed by atoms with Gasteiger partial charge in [0.15, 0.2) is 0 Å². The quantitative estimate of drug-likeness (QED) is 0.641. The van der Waals surface area contributed by atoms with Crippen LogP contribution in [0.5, 0.6) is 0 Å². The highest BCUT2D eigenvalue weighted by Gasteiger charge is 2.45. The molecule has 0 aliphatic rings. The molecule has 0 saturated heterocycles. The summed E-state index contributed by atoms with van der Waals surface area (Å²) in [6, 6.07) is 7.45. The van der Waals surface area contributed by atoms with E-state index in [1.54, 1.807) is 0 Å². The van der Waals surface area contributed by atoms with Gasteiger partial charge in [0.25, 0.3) is 0 Å². The van der Waals surface area contributed by atoms with Gasteiger partial charge in [-0.1, -0.05) is 54.0 Å². The second-order valence-corrected chi connectivity index (χ2v) is 6.62. The van der Waals surface area contributed by atoms with Crippen molar-refractivity contribution in [3.63, 3.8) is 0 Å². The number of alkyl halides is 1. The predicted octanol–water partition coefficient (Wildman–Crippen LogP) is 3.77. The first kappa shape index (κ1) is 14.9. The van der Waals surface area contributed by atoms with Gasteiger partial charge in [-0.25, -0.2) is 0 Å². The summed E-state index contributed by atoms with van der Waals surface area (Å²) in [6.07, 6.45) is 0.864. The van der Waals surface area contributed by atoms with Crippen molar-refractivity contribution < 1.29 is 14.4 Å². The minimum absolute atomic E-state index is 0.432. The van der Waals surface area contributed by atoms with Crippen LogP contribution in [0.25, 0.3) is 0 Å². The van der Waals surface area contributed by atoms with Gasteiger partial charge in [0.05, 0.1) is 5.16 Å². The van der Waals surface area contributed by atoms with Gasteiger partial charge in [-0.2, -0.15) is 0 Å². The lowest BCUT2D eigenvalue weighted by atomic mass is 9.92. The lowest BCUT2D eigenvalue weighted by molar-refractivity contribution is 0.315. The van der Waals surface area contributed by atoms with E-state index in [1.165, 1.54) is 0 Å². The fraction of sp³-hybridized carbons (Fsp3) is 0.500. The van der Waals surface area contributed by atoms with Gasteiger partial charge >= 0.3 is 7.60 Å². The van der Waals surface area contributed by atoms with Crippen LogP contribution in [0.15, 0.2) is 24.3 Å². The number of rotatable bonds is 5. The second-order valence-electron chi connectivity index (χ2n) is 4.11. The Morgan fingerprint density at radius 1 is 1.18 bits per heavy atom. The first-order valence-corrected chi connectivity index (χ1v) is 8.35. The van der Waals surface area contributed by atoms with Crippen molar-refractivity contribution in [2.45, 2.75) is 37.2 Å². The third-order valence-corrected chi connectivity index (χ3v) is 6.03. The van der Waals surface area contributed by atoms with E-state index in [4.69, 9.17) is 0 Å². The maximum absolute atomic E-state index is 11.8. The fourth-order valence-corrected chi connectivity index (χ4v) is 3.83. The van der Waals surface area contributed by atoms with Crippen LogP contribution in [0.3, 0.4) is 0 Å². The average Bonchev–Trinajstić information content (AvgIpc) is 2.30. The molecule has 0 aromatic heterocycles. The summed E-state index contributed by atoms with van der Waals surface area (Å²) in [5.41, 5.74) is 1.82. The lowest BCUT2D eigenvalue weighted by Gasteiger charge is -2.32. The van der Waals surface area contributed by atoms with E-state index in [1.807, 2.05) is 38.1 Å². The normalized spacial score (nSPS) is 12.8. The van der Waals surface area contributed by atoms with Crippen LogP contribution >= 0.6 is 23.5 Å².